The number of carbonyl (C=O) groups excluding carboxylic acids is 2. The molecule has 1 aliphatic heterocycles. The Kier molecular flexibility index (Phi) is 14.2. The number of allylic oxidation sites excluding steroid dienone is 1. The normalized spacial score (nSPS) is 25.2. The summed E-state index contributed by atoms with van der Waals surface area (Å²) in [5.41, 5.74) is 3.50. The van der Waals surface area contributed by atoms with Crippen molar-refractivity contribution in [1.29, 1.82) is 0 Å². The van der Waals surface area contributed by atoms with E-state index in [1.54, 1.807) is 23.9 Å². The average Bonchev–Trinajstić information content (AvgIpc) is 3.13. The quantitative estimate of drug-likeness (QED) is 0.0709. The fourth-order valence-electron chi connectivity index (χ4n) is 7.90. The monoisotopic (exact) mass is 735 g/mol. The van der Waals surface area contributed by atoms with E-state index in [0.717, 1.165) is 47.4 Å². The number of oxime groups is 1. The first-order valence-corrected chi connectivity index (χ1v) is 19.4. The van der Waals surface area contributed by atoms with E-state index >= 15 is 0 Å². The molecule has 0 saturated heterocycles. The third-order valence-corrected chi connectivity index (χ3v) is 11.2. The molecule has 1 heterocycles. The topological polar surface area (TPSA) is 148 Å². The van der Waals surface area contributed by atoms with Gasteiger partial charge >= 0.3 is 6.09 Å². The van der Waals surface area contributed by atoms with E-state index in [2.05, 4.69) is 23.3 Å². The van der Waals surface area contributed by atoms with Crippen molar-refractivity contribution in [1.82, 2.24) is 5.32 Å². The summed E-state index contributed by atoms with van der Waals surface area (Å²) in [4.78, 5) is 31.0. The number of rotatable bonds is 18. The minimum absolute atomic E-state index is 0.109. The summed E-state index contributed by atoms with van der Waals surface area (Å²) in [6, 6.07) is 13.3. The fourth-order valence-corrected chi connectivity index (χ4v) is 9.19. The van der Waals surface area contributed by atoms with Gasteiger partial charge in [0.25, 0.3) is 0 Å². The van der Waals surface area contributed by atoms with Crippen LogP contribution in [0.4, 0.5) is 10.5 Å². The number of fused-ring (bicyclic) bond motifs is 2. The Morgan fingerprint density at radius 2 is 1.83 bits per heavy atom. The van der Waals surface area contributed by atoms with Crippen molar-refractivity contribution in [2.24, 2.45) is 22.9 Å². The van der Waals surface area contributed by atoms with Crippen LogP contribution in [0, 0.1) is 17.8 Å². The van der Waals surface area contributed by atoms with Crippen LogP contribution < -0.4 is 20.1 Å². The number of hydrogen-bond donors (Lipinski definition) is 4. The van der Waals surface area contributed by atoms with E-state index in [1.807, 2.05) is 50.2 Å². The van der Waals surface area contributed by atoms with Crippen molar-refractivity contribution in [3.8, 4) is 11.5 Å². The van der Waals surface area contributed by atoms with Crippen LogP contribution in [-0.4, -0.2) is 71.9 Å². The van der Waals surface area contributed by atoms with Gasteiger partial charge in [-0.05, 0) is 99.4 Å². The highest BCUT2D eigenvalue weighted by Gasteiger charge is 2.64. The van der Waals surface area contributed by atoms with Gasteiger partial charge in [-0.2, -0.15) is 0 Å². The van der Waals surface area contributed by atoms with Gasteiger partial charge in [-0.1, -0.05) is 30.1 Å². The molecule has 0 aromatic heterocycles. The summed E-state index contributed by atoms with van der Waals surface area (Å²) in [5.74, 6) is -0.430. The molecule has 5 rings (SSSR count). The van der Waals surface area contributed by atoms with Gasteiger partial charge in [-0.25, -0.2) is 4.79 Å². The second-order valence-electron chi connectivity index (χ2n) is 13.4. The number of thioether (sulfide) groups is 1. The minimum Gasteiger partial charge on any atom is -0.460 e. The van der Waals surface area contributed by atoms with Crippen molar-refractivity contribution in [3.05, 3.63) is 72.3 Å². The average molecular weight is 736 g/mol. The standard InChI is InChI=1S/C40H53N3O8S/c1-5-22-48-40-36(52-30-17-14-28(15-18-30)42-26(4)46)25-34(43-49-7-3)32-23-27(12-8-10-20-44)31(13-9-11-21-45)37(38(32)40)33-24-29(16-19-35(33)51-40)50-39(47)41-6-2/h5,14-19,23-24,27,31,36-38,44-45H,1,6-13,20-22,25H2,2-4H3,(H,41,47)(H,42,46)/t27-,31+,36-,37+,38+,40+/m0/s1. The Hall–Kier alpha value is -3.84. The number of hydrogen-bond acceptors (Lipinski definition) is 10. The molecule has 4 N–H and O–H groups in total. The zero-order valence-electron chi connectivity index (χ0n) is 30.5. The smallest absolute Gasteiger partial charge is 0.412 e. The van der Waals surface area contributed by atoms with Gasteiger partial charge in [0.05, 0.1) is 23.5 Å². The molecule has 0 bridgehead atoms. The third-order valence-electron chi connectivity index (χ3n) is 9.91. The third kappa shape index (κ3) is 9.02. The molecule has 282 valence electrons. The van der Waals surface area contributed by atoms with Crippen molar-refractivity contribution >= 4 is 35.2 Å². The maximum absolute atomic E-state index is 12.6. The van der Waals surface area contributed by atoms with Crippen LogP contribution in [0.5, 0.6) is 11.5 Å². The second-order valence-corrected chi connectivity index (χ2v) is 14.7. The SMILES string of the molecule is C=CCO[C@@]12Oc3ccc(OC(=O)NCC)cc3[C@H]3[C@H](CCCCO)[C@@H](CCCCO)C=C(C(=NOCC)C[C@@H]1Sc1ccc(NC(C)=O)cc1)[C@H]32. The lowest BCUT2D eigenvalue weighted by Gasteiger charge is -2.58. The van der Waals surface area contributed by atoms with E-state index in [0.29, 0.717) is 49.6 Å². The first-order chi connectivity index (χ1) is 25.3. The highest BCUT2D eigenvalue weighted by molar-refractivity contribution is 8.00. The number of aliphatic hydroxyl groups excluding tert-OH is 2. The molecule has 2 aromatic rings. The molecule has 11 nitrogen and oxygen atoms in total. The molecule has 52 heavy (non-hydrogen) atoms. The van der Waals surface area contributed by atoms with Gasteiger partial charge in [-0.3, -0.25) is 4.79 Å². The lowest BCUT2D eigenvalue weighted by molar-refractivity contribution is -0.223. The number of anilines is 1. The zero-order chi connectivity index (χ0) is 37.1. The molecule has 2 aromatic carbocycles. The Morgan fingerprint density at radius 3 is 2.50 bits per heavy atom. The van der Waals surface area contributed by atoms with E-state index in [4.69, 9.17) is 24.2 Å². The molecule has 2 aliphatic carbocycles. The van der Waals surface area contributed by atoms with Crippen molar-refractivity contribution in [2.75, 3.05) is 38.3 Å². The molecule has 0 spiro atoms. The predicted octanol–water partition coefficient (Wildman–Crippen LogP) is 7.20. The maximum Gasteiger partial charge on any atom is 0.412 e. The fraction of sp³-hybridized carbons (Fsp3) is 0.525. The minimum atomic E-state index is -1.16. The van der Waals surface area contributed by atoms with Gasteiger partial charge in [-0.15, -0.1) is 18.3 Å². The van der Waals surface area contributed by atoms with Crippen LogP contribution >= 0.6 is 11.8 Å². The predicted molar refractivity (Wildman–Crippen MR) is 203 cm³/mol. The number of nitrogens with zero attached hydrogens (tertiary/aromatic N) is 1. The summed E-state index contributed by atoms with van der Waals surface area (Å²) in [5, 5.41) is 29.5. The van der Waals surface area contributed by atoms with Crippen molar-refractivity contribution in [2.45, 2.75) is 87.6 Å². The molecule has 0 unspecified atom stereocenters. The lowest BCUT2D eigenvalue weighted by Crippen LogP contribution is -2.64. The van der Waals surface area contributed by atoms with Gasteiger partial charge in [0.15, 0.2) is 0 Å². The lowest BCUT2D eigenvalue weighted by atomic mass is 9.56. The molecular weight excluding hydrogens is 683 g/mol. The summed E-state index contributed by atoms with van der Waals surface area (Å²) >= 11 is 1.64. The van der Waals surface area contributed by atoms with E-state index in [1.165, 1.54) is 6.92 Å². The van der Waals surface area contributed by atoms with Gasteiger partial charge in [0.2, 0.25) is 11.7 Å². The molecule has 3 aliphatic rings. The molecule has 1 saturated carbocycles. The maximum atomic E-state index is 12.6. The number of aliphatic hydroxyl groups is 2. The molecule has 6 atom stereocenters. The Labute approximate surface area is 311 Å². The highest BCUT2D eigenvalue weighted by atomic mass is 32.2. The Balaban J connectivity index is 1.71. The van der Waals surface area contributed by atoms with Crippen LogP contribution in [0.3, 0.4) is 0 Å². The Morgan fingerprint density at radius 1 is 1.08 bits per heavy atom. The highest BCUT2D eigenvalue weighted by Crippen LogP contribution is 2.63. The number of benzene rings is 2. The molecule has 2 amide bonds. The molecule has 0 radical (unpaired) electrons. The van der Waals surface area contributed by atoms with Gasteiger partial charge in [0, 0.05) is 55.2 Å². The number of ether oxygens (including phenoxy) is 3. The first kappa shape index (κ1) is 39.4. The molecule has 12 heteroatoms. The summed E-state index contributed by atoms with van der Waals surface area (Å²) in [6.07, 6.45) is 8.82. The van der Waals surface area contributed by atoms with Crippen LogP contribution in [0.2, 0.25) is 0 Å². The molecular formula is C40H53N3O8S. The Bertz CT molecular complexity index is 1600. The molecule has 1 fully saturated rings. The van der Waals surface area contributed by atoms with E-state index < -0.39 is 11.9 Å². The van der Waals surface area contributed by atoms with Crippen LogP contribution in [-0.2, 0) is 14.4 Å². The van der Waals surface area contributed by atoms with Crippen LogP contribution in [0.15, 0.2) is 76.8 Å². The largest absolute Gasteiger partial charge is 0.460 e. The van der Waals surface area contributed by atoms with Gasteiger partial charge in [0.1, 0.15) is 18.1 Å². The van der Waals surface area contributed by atoms with Crippen LogP contribution in [0.1, 0.15) is 77.2 Å². The first-order valence-electron chi connectivity index (χ1n) is 18.5. The van der Waals surface area contributed by atoms with E-state index in [9.17, 15) is 19.8 Å². The van der Waals surface area contributed by atoms with Crippen molar-refractivity contribution < 1.29 is 38.9 Å². The van der Waals surface area contributed by atoms with Gasteiger partial charge < -0.3 is 39.9 Å². The summed E-state index contributed by atoms with van der Waals surface area (Å²) in [6.45, 7) is 10.6. The second kappa shape index (κ2) is 18.8. The number of nitrogens with one attached hydrogen (secondary N) is 2. The number of amides is 2. The summed E-state index contributed by atoms with van der Waals surface area (Å²) in [7, 11) is 0. The number of unbranched alkanes of at least 4 members (excludes halogenated alkanes) is 2. The van der Waals surface area contributed by atoms with Crippen LogP contribution in [0.25, 0.3) is 0 Å². The van der Waals surface area contributed by atoms with E-state index in [-0.39, 0.29) is 54.6 Å². The van der Waals surface area contributed by atoms with Crippen molar-refractivity contribution in [3.63, 3.8) is 0 Å². The number of carbonyl (C=O) groups is 2. The zero-order valence-corrected chi connectivity index (χ0v) is 31.3. The summed E-state index contributed by atoms with van der Waals surface area (Å²) < 4.78 is 19.9.